The lowest BCUT2D eigenvalue weighted by atomic mass is 10.2. The van der Waals surface area contributed by atoms with Crippen molar-refractivity contribution in [3.8, 4) is 0 Å². The largest absolute Gasteiger partial charge is 0.433 e. The van der Waals surface area contributed by atoms with Gasteiger partial charge in [-0.15, -0.1) is 5.10 Å². The third kappa shape index (κ3) is 3.09. The molecule has 1 amide bonds. The lowest BCUT2D eigenvalue weighted by Gasteiger charge is -2.11. The molecule has 1 atom stereocenters. The lowest BCUT2D eigenvalue weighted by molar-refractivity contribution is -0.142. The maximum Gasteiger partial charge on any atom is 0.433 e. The van der Waals surface area contributed by atoms with E-state index in [4.69, 9.17) is 5.73 Å². The number of nitrogens with zero attached hydrogens (tertiary/aromatic N) is 5. The van der Waals surface area contributed by atoms with Crippen LogP contribution in [0.25, 0.3) is 5.65 Å². The average Bonchev–Trinajstić information content (AvgIpc) is 3.11. The Balaban J connectivity index is 1.96. The van der Waals surface area contributed by atoms with E-state index in [1.54, 1.807) is 6.92 Å². The SMILES string of the molecule is Cc1cc(C(F)(F)F)n2ncc(C(=O)NC(C)c3nc(N)n[nH]3)c2n1. The first kappa shape index (κ1) is 16.7. The Morgan fingerprint density at radius 2 is 2.12 bits per heavy atom. The molecule has 0 bridgehead atoms. The molecule has 3 heterocycles. The van der Waals surface area contributed by atoms with Crippen molar-refractivity contribution in [1.82, 2.24) is 35.1 Å². The van der Waals surface area contributed by atoms with Crippen molar-refractivity contribution in [1.29, 1.82) is 0 Å². The zero-order valence-electron chi connectivity index (χ0n) is 13.1. The van der Waals surface area contributed by atoms with Crippen molar-refractivity contribution in [2.45, 2.75) is 26.1 Å². The fraction of sp³-hybridized carbons (Fsp3) is 0.308. The van der Waals surface area contributed by atoms with E-state index in [2.05, 4.69) is 30.6 Å². The molecule has 0 radical (unpaired) electrons. The van der Waals surface area contributed by atoms with Gasteiger partial charge in [-0.3, -0.25) is 9.89 Å². The van der Waals surface area contributed by atoms with Crippen LogP contribution in [0.1, 0.15) is 40.5 Å². The molecule has 3 rings (SSSR count). The van der Waals surface area contributed by atoms with E-state index in [-0.39, 0.29) is 22.9 Å². The van der Waals surface area contributed by atoms with E-state index in [1.807, 2.05) is 0 Å². The molecule has 0 aromatic carbocycles. The number of aryl methyl sites for hydroxylation is 1. The van der Waals surface area contributed by atoms with E-state index >= 15 is 0 Å². The molecular weight excluding hydrogens is 341 g/mol. The van der Waals surface area contributed by atoms with Gasteiger partial charge in [0, 0.05) is 5.69 Å². The zero-order chi connectivity index (χ0) is 18.4. The molecule has 1 unspecified atom stereocenters. The minimum atomic E-state index is -4.63. The number of nitrogens with two attached hydrogens (primary N) is 1. The minimum Gasteiger partial charge on any atom is -0.367 e. The number of hydrogen-bond acceptors (Lipinski definition) is 6. The van der Waals surface area contributed by atoms with Crippen LogP contribution >= 0.6 is 0 Å². The average molecular weight is 354 g/mol. The minimum absolute atomic E-state index is 0.0131. The summed E-state index contributed by atoms with van der Waals surface area (Å²) in [4.78, 5) is 20.3. The summed E-state index contributed by atoms with van der Waals surface area (Å²) >= 11 is 0. The van der Waals surface area contributed by atoms with Crippen LogP contribution < -0.4 is 11.1 Å². The van der Waals surface area contributed by atoms with Gasteiger partial charge in [0.05, 0.1) is 12.2 Å². The number of halogens is 3. The smallest absolute Gasteiger partial charge is 0.367 e. The standard InChI is InChI=1S/C13H13F3N8O/c1-5-3-8(13(14,15)16)24-10(19-5)7(4-18-24)11(25)20-6(2)9-21-12(17)23-22-9/h3-4,6H,1-2H3,(H,20,25)(H3,17,21,22,23). The van der Waals surface area contributed by atoms with E-state index in [9.17, 15) is 18.0 Å². The van der Waals surface area contributed by atoms with Gasteiger partial charge >= 0.3 is 6.18 Å². The number of aromatic amines is 1. The second-order valence-corrected chi connectivity index (χ2v) is 5.35. The summed E-state index contributed by atoms with van der Waals surface area (Å²) < 4.78 is 40.0. The monoisotopic (exact) mass is 354 g/mol. The number of carbonyl (C=O) groups excluding carboxylic acids is 1. The van der Waals surface area contributed by atoms with Gasteiger partial charge in [0.1, 0.15) is 17.1 Å². The Labute approximate surface area is 138 Å². The molecule has 0 aliphatic rings. The van der Waals surface area contributed by atoms with Gasteiger partial charge < -0.3 is 11.1 Å². The summed E-state index contributed by atoms with van der Waals surface area (Å²) in [5.74, 6) is -0.328. The van der Waals surface area contributed by atoms with Crippen molar-refractivity contribution in [2.75, 3.05) is 5.73 Å². The maximum atomic E-state index is 13.1. The summed E-state index contributed by atoms with van der Waals surface area (Å²) in [6.07, 6.45) is -3.59. The second-order valence-electron chi connectivity index (χ2n) is 5.35. The number of alkyl halides is 3. The van der Waals surface area contributed by atoms with Gasteiger partial charge in [0.15, 0.2) is 5.65 Å². The number of aromatic nitrogens is 6. The number of carbonyl (C=O) groups is 1. The van der Waals surface area contributed by atoms with Crippen molar-refractivity contribution >= 4 is 17.5 Å². The fourth-order valence-corrected chi connectivity index (χ4v) is 2.27. The van der Waals surface area contributed by atoms with Gasteiger partial charge in [0.25, 0.3) is 5.91 Å². The molecule has 0 spiro atoms. The molecule has 0 saturated carbocycles. The number of H-pyrrole nitrogens is 1. The first-order chi connectivity index (χ1) is 11.7. The summed E-state index contributed by atoms with van der Waals surface area (Å²) in [5, 5.41) is 12.4. The predicted molar refractivity (Wildman–Crippen MR) is 79.4 cm³/mol. The molecule has 12 heteroatoms. The number of amides is 1. The van der Waals surface area contributed by atoms with Gasteiger partial charge in [0.2, 0.25) is 5.95 Å². The number of nitrogen functional groups attached to an aromatic ring is 1. The number of fused-ring (bicyclic) bond motifs is 1. The number of rotatable bonds is 3. The van der Waals surface area contributed by atoms with Gasteiger partial charge in [-0.2, -0.15) is 23.3 Å². The maximum absolute atomic E-state index is 13.1. The van der Waals surface area contributed by atoms with Crippen LogP contribution in [0.15, 0.2) is 12.3 Å². The topological polar surface area (TPSA) is 127 Å². The van der Waals surface area contributed by atoms with E-state index in [0.29, 0.717) is 10.3 Å². The molecule has 9 nitrogen and oxygen atoms in total. The highest BCUT2D eigenvalue weighted by atomic mass is 19.4. The van der Waals surface area contributed by atoms with Gasteiger partial charge in [-0.1, -0.05) is 0 Å². The van der Waals surface area contributed by atoms with Crippen LogP contribution in [0.5, 0.6) is 0 Å². The third-order valence-corrected chi connectivity index (χ3v) is 3.41. The molecular formula is C13H13F3N8O. The Kier molecular flexibility index (Phi) is 3.81. The molecule has 0 saturated heterocycles. The van der Waals surface area contributed by atoms with E-state index in [1.165, 1.54) is 6.92 Å². The first-order valence-corrected chi connectivity index (χ1v) is 7.08. The molecule has 3 aromatic rings. The Morgan fingerprint density at radius 1 is 1.40 bits per heavy atom. The first-order valence-electron chi connectivity index (χ1n) is 7.08. The zero-order valence-corrected chi connectivity index (χ0v) is 13.1. The third-order valence-electron chi connectivity index (χ3n) is 3.41. The normalized spacial score (nSPS) is 13.2. The molecule has 4 N–H and O–H groups in total. The molecule has 132 valence electrons. The number of nitrogens with one attached hydrogen (secondary N) is 2. The highest BCUT2D eigenvalue weighted by molar-refractivity contribution is 5.99. The molecule has 3 aromatic heterocycles. The summed E-state index contributed by atoms with van der Waals surface area (Å²) in [6, 6.07) is 0.265. The van der Waals surface area contributed by atoms with Crippen LogP contribution in [-0.2, 0) is 6.18 Å². The second kappa shape index (κ2) is 5.72. The molecule has 0 aliphatic heterocycles. The molecule has 0 aliphatic carbocycles. The summed E-state index contributed by atoms with van der Waals surface area (Å²) in [5.41, 5.74) is 4.23. The van der Waals surface area contributed by atoms with E-state index < -0.39 is 23.8 Å². The number of anilines is 1. The number of hydrogen-bond donors (Lipinski definition) is 3. The summed E-state index contributed by atoms with van der Waals surface area (Å²) in [6.45, 7) is 3.02. The van der Waals surface area contributed by atoms with Crippen LogP contribution in [0.2, 0.25) is 0 Å². The highest BCUT2D eigenvalue weighted by Crippen LogP contribution is 2.30. The highest BCUT2D eigenvalue weighted by Gasteiger charge is 2.35. The Hall–Kier alpha value is -3.18. The Morgan fingerprint density at radius 3 is 2.72 bits per heavy atom. The van der Waals surface area contributed by atoms with Gasteiger partial charge in [-0.05, 0) is 19.9 Å². The molecule has 0 fully saturated rings. The van der Waals surface area contributed by atoms with Crippen molar-refractivity contribution < 1.29 is 18.0 Å². The van der Waals surface area contributed by atoms with E-state index in [0.717, 1.165) is 12.3 Å². The molecule has 25 heavy (non-hydrogen) atoms. The van der Waals surface area contributed by atoms with Crippen LogP contribution in [0.4, 0.5) is 19.1 Å². The van der Waals surface area contributed by atoms with Crippen molar-refractivity contribution in [3.63, 3.8) is 0 Å². The fourth-order valence-electron chi connectivity index (χ4n) is 2.27. The predicted octanol–water partition coefficient (Wildman–Crippen LogP) is 1.25. The lowest BCUT2D eigenvalue weighted by Crippen LogP contribution is -2.27. The Bertz CT molecular complexity index is 945. The van der Waals surface area contributed by atoms with Crippen molar-refractivity contribution in [2.24, 2.45) is 0 Å². The van der Waals surface area contributed by atoms with Crippen LogP contribution in [0, 0.1) is 6.92 Å². The van der Waals surface area contributed by atoms with Crippen LogP contribution in [-0.4, -0.2) is 35.7 Å². The van der Waals surface area contributed by atoms with Gasteiger partial charge in [-0.25, -0.2) is 9.50 Å². The van der Waals surface area contributed by atoms with Crippen LogP contribution in [0.3, 0.4) is 0 Å². The van der Waals surface area contributed by atoms with Crippen molar-refractivity contribution in [3.05, 3.63) is 35.0 Å². The summed E-state index contributed by atoms with van der Waals surface area (Å²) in [7, 11) is 0. The quantitative estimate of drug-likeness (QED) is 0.650.